The van der Waals surface area contributed by atoms with Gasteiger partial charge in [0.1, 0.15) is 6.54 Å². The minimum atomic E-state index is 0.335. The third kappa shape index (κ3) is 3.27. The predicted molar refractivity (Wildman–Crippen MR) is 79.9 cm³/mol. The van der Waals surface area contributed by atoms with E-state index in [1.54, 1.807) is 19.4 Å². The second-order valence-electron chi connectivity index (χ2n) is 4.89. The van der Waals surface area contributed by atoms with Gasteiger partial charge in [-0.2, -0.15) is 4.80 Å². The lowest BCUT2D eigenvalue weighted by molar-refractivity contribution is 0.378. The van der Waals surface area contributed by atoms with E-state index in [4.69, 9.17) is 5.73 Å². The van der Waals surface area contributed by atoms with Gasteiger partial charge in [-0.15, -0.1) is 10.2 Å². The van der Waals surface area contributed by atoms with E-state index in [-0.39, 0.29) is 0 Å². The van der Waals surface area contributed by atoms with Crippen LogP contribution in [0.15, 0.2) is 23.5 Å². The molecular weight excluding hydrogens is 284 g/mol. The topological polar surface area (TPSA) is 114 Å². The monoisotopic (exact) mass is 302 g/mol. The summed E-state index contributed by atoms with van der Waals surface area (Å²) >= 11 is 0. The van der Waals surface area contributed by atoms with Crippen molar-refractivity contribution in [2.24, 2.45) is 17.8 Å². The van der Waals surface area contributed by atoms with Crippen LogP contribution in [0.2, 0.25) is 0 Å². The molecular formula is C12H18N10. The van der Waals surface area contributed by atoms with Crippen molar-refractivity contribution in [2.75, 3.05) is 31.1 Å². The van der Waals surface area contributed by atoms with Gasteiger partial charge in [-0.3, -0.25) is 0 Å². The number of nitrogens with zero attached hydrogens (tertiary/aromatic N) is 9. The molecule has 0 bridgehead atoms. The Balaban J connectivity index is 1.54. The molecule has 0 aromatic carbocycles. The minimum absolute atomic E-state index is 0.335. The van der Waals surface area contributed by atoms with Crippen LogP contribution in [0.25, 0.3) is 0 Å². The number of aromatic nitrogens is 6. The van der Waals surface area contributed by atoms with Crippen LogP contribution in [0.3, 0.4) is 0 Å². The van der Waals surface area contributed by atoms with Gasteiger partial charge in [-0.25, -0.2) is 15.0 Å². The fourth-order valence-corrected chi connectivity index (χ4v) is 2.23. The summed E-state index contributed by atoms with van der Waals surface area (Å²) in [5, 5.41) is 11.7. The van der Waals surface area contributed by atoms with Crippen molar-refractivity contribution in [3.8, 4) is 0 Å². The Kier molecular flexibility index (Phi) is 4.08. The Bertz CT molecular complexity index is 628. The fourth-order valence-electron chi connectivity index (χ4n) is 2.23. The summed E-state index contributed by atoms with van der Waals surface area (Å²) in [5.74, 6) is 1.81. The number of hydrogen-bond donors (Lipinski definition) is 1. The van der Waals surface area contributed by atoms with E-state index in [1.807, 2.05) is 11.0 Å². The first-order valence-corrected chi connectivity index (χ1v) is 7.02. The zero-order valence-corrected chi connectivity index (χ0v) is 12.4. The molecule has 1 aliphatic heterocycles. The van der Waals surface area contributed by atoms with Crippen LogP contribution in [0.5, 0.6) is 0 Å². The Morgan fingerprint density at radius 2 is 1.95 bits per heavy atom. The summed E-state index contributed by atoms with van der Waals surface area (Å²) in [5.41, 5.74) is 6.03. The van der Waals surface area contributed by atoms with E-state index in [9.17, 15) is 0 Å². The fraction of sp³-hybridized carbons (Fsp3) is 0.500. The van der Waals surface area contributed by atoms with E-state index in [0.717, 1.165) is 32.1 Å². The van der Waals surface area contributed by atoms with Crippen LogP contribution in [0.4, 0.5) is 5.95 Å². The number of rotatable bonds is 3. The van der Waals surface area contributed by atoms with Crippen molar-refractivity contribution in [1.29, 1.82) is 0 Å². The van der Waals surface area contributed by atoms with Crippen LogP contribution < -0.4 is 10.6 Å². The zero-order valence-electron chi connectivity index (χ0n) is 12.4. The molecule has 22 heavy (non-hydrogen) atoms. The molecule has 0 atom stereocenters. The summed E-state index contributed by atoms with van der Waals surface area (Å²) in [6.45, 7) is 3.51. The van der Waals surface area contributed by atoms with Gasteiger partial charge in [-0.05, 0) is 11.3 Å². The third-order valence-electron chi connectivity index (χ3n) is 3.37. The number of anilines is 1. The molecule has 0 spiro atoms. The van der Waals surface area contributed by atoms with Crippen LogP contribution in [-0.4, -0.2) is 67.2 Å². The molecule has 10 heteroatoms. The summed E-state index contributed by atoms with van der Waals surface area (Å²) < 4.78 is 0. The van der Waals surface area contributed by atoms with Crippen molar-refractivity contribution in [3.63, 3.8) is 0 Å². The van der Waals surface area contributed by atoms with Gasteiger partial charge in [0, 0.05) is 38.6 Å². The summed E-state index contributed by atoms with van der Waals surface area (Å²) in [7, 11) is 1.72. The number of guanidine groups is 1. The lowest BCUT2D eigenvalue weighted by atomic mass is 10.3. The number of aliphatic imine (C=N–C) groups is 1. The average Bonchev–Trinajstić information content (AvgIpc) is 2.99. The number of tetrazole rings is 1. The first-order chi connectivity index (χ1) is 10.7. The lowest BCUT2D eigenvalue weighted by Gasteiger charge is -2.35. The standard InChI is InChI=1S/C12H18N10/c1-20-18-10(17-19-20)9-16-11(13)21-5-7-22(8-6-21)12-14-3-2-4-15-12/h2-4H,5-9H2,1H3,(H2,13,16). The molecule has 0 saturated carbocycles. The zero-order chi connectivity index (χ0) is 15.4. The maximum atomic E-state index is 6.03. The van der Waals surface area contributed by atoms with Gasteiger partial charge in [0.05, 0.1) is 7.05 Å². The van der Waals surface area contributed by atoms with Gasteiger partial charge in [0.2, 0.25) is 5.95 Å². The summed E-state index contributed by atoms with van der Waals surface area (Å²) in [6.07, 6.45) is 3.50. The van der Waals surface area contributed by atoms with Crippen molar-refractivity contribution < 1.29 is 0 Å². The molecule has 1 saturated heterocycles. The molecule has 2 N–H and O–H groups in total. The molecule has 0 amide bonds. The van der Waals surface area contributed by atoms with Crippen LogP contribution in [-0.2, 0) is 13.6 Å². The first-order valence-electron chi connectivity index (χ1n) is 7.02. The molecule has 116 valence electrons. The number of hydrogen-bond acceptors (Lipinski definition) is 7. The Labute approximate surface area is 127 Å². The Morgan fingerprint density at radius 3 is 2.59 bits per heavy atom. The molecule has 0 radical (unpaired) electrons. The molecule has 3 heterocycles. The molecule has 3 rings (SSSR count). The quantitative estimate of drug-likeness (QED) is 0.546. The number of aryl methyl sites for hydroxylation is 1. The molecule has 2 aromatic heterocycles. The highest BCUT2D eigenvalue weighted by atomic mass is 15.6. The third-order valence-corrected chi connectivity index (χ3v) is 3.37. The highest BCUT2D eigenvalue weighted by Crippen LogP contribution is 2.09. The van der Waals surface area contributed by atoms with E-state index >= 15 is 0 Å². The second kappa shape index (κ2) is 6.33. The van der Waals surface area contributed by atoms with E-state index in [1.165, 1.54) is 4.80 Å². The van der Waals surface area contributed by atoms with Crippen LogP contribution in [0.1, 0.15) is 5.82 Å². The molecule has 0 unspecified atom stereocenters. The largest absolute Gasteiger partial charge is 0.370 e. The van der Waals surface area contributed by atoms with Gasteiger partial charge in [0.25, 0.3) is 0 Å². The number of nitrogens with two attached hydrogens (primary N) is 1. The van der Waals surface area contributed by atoms with Gasteiger partial charge < -0.3 is 15.5 Å². The maximum absolute atomic E-state index is 6.03. The van der Waals surface area contributed by atoms with Gasteiger partial charge in [-0.1, -0.05) is 0 Å². The Hall–Kier alpha value is -2.78. The summed E-state index contributed by atoms with van der Waals surface area (Å²) in [4.78, 5) is 18.4. The molecule has 2 aromatic rings. The van der Waals surface area contributed by atoms with Crippen LogP contribution >= 0.6 is 0 Å². The van der Waals surface area contributed by atoms with Crippen molar-refractivity contribution >= 4 is 11.9 Å². The van der Waals surface area contributed by atoms with Crippen molar-refractivity contribution in [2.45, 2.75) is 6.54 Å². The summed E-state index contributed by atoms with van der Waals surface area (Å²) in [6, 6.07) is 1.81. The molecule has 10 nitrogen and oxygen atoms in total. The molecule has 1 fully saturated rings. The first kappa shape index (κ1) is 14.2. The maximum Gasteiger partial charge on any atom is 0.225 e. The normalized spacial score (nSPS) is 16.1. The Morgan fingerprint density at radius 1 is 1.23 bits per heavy atom. The van der Waals surface area contributed by atoms with Crippen molar-refractivity contribution in [3.05, 3.63) is 24.3 Å². The van der Waals surface area contributed by atoms with E-state index < -0.39 is 0 Å². The SMILES string of the molecule is Cn1nnc(CN=C(N)N2CCN(c3ncccn3)CC2)n1. The molecule has 0 aliphatic carbocycles. The number of piperazine rings is 1. The van der Waals surface area contributed by atoms with E-state index in [2.05, 4.69) is 35.3 Å². The highest BCUT2D eigenvalue weighted by Gasteiger charge is 2.19. The highest BCUT2D eigenvalue weighted by molar-refractivity contribution is 5.78. The predicted octanol–water partition coefficient (Wildman–Crippen LogP) is -1.36. The van der Waals surface area contributed by atoms with Gasteiger partial charge >= 0.3 is 0 Å². The molecule has 1 aliphatic rings. The van der Waals surface area contributed by atoms with E-state index in [0.29, 0.717) is 18.3 Å². The minimum Gasteiger partial charge on any atom is -0.370 e. The average molecular weight is 302 g/mol. The smallest absolute Gasteiger partial charge is 0.225 e. The lowest BCUT2D eigenvalue weighted by Crippen LogP contribution is -2.51. The van der Waals surface area contributed by atoms with Gasteiger partial charge in [0.15, 0.2) is 11.8 Å². The van der Waals surface area contributed by atoms with Crippen molar-refractivity contribution in [1.82, 2.24) is 35.1 Å². The van der Waals surface area contributed by atoms with Crippen LogP contribution in [0, 0.1) is 0 Å². The second-order valence-corrected chi connectivity index (χ2v) is 4.89.